The number of rotatable bonds is 7. The quantitative estimate of drug-likeness (QED) is 0.753. The van der Waals surface area contributed by atoms with E-state index in [-0.39, 0.29) is 6.03 Å². The van der Waals surface area contributed by atoms with Crippen molar-refractivity contribution in [3.8, 4) is 0 Å². The van der Waals surface area contributed by atoms with Gasteiger partial charge < -0.3 is 15.5 Å². The molecule has 0 aliphatic heterocycles. The van der Waals surface area contributed by atoms with E-state index in [2.05, 4.69) is 15.5 Å². The molecule has 19 heavy (non-hydrogen) atoms. The normalized spacial score (nSPS) is 10.5. The van der Waals surface area contributed by atoms with Gasteiger partial charge in [0.05, 0.1) is 0 Å². The molecule has 4 nitrogen and oxygen atoms in total. The monoisotopic (exact) mass is 283 g/mol. The molecule has 0 unspecified atom stereocenters. The van der Waals surface area contributed by atoms with Gasteiger partial charge in [0.15, 0.2) is 0 Å². The number of urea groups is 1. The van der Waals surface area contributed by atoms with E-state index in [0.717, 1.165) is 30.0 Å². The van der Waals surface area contributed by atoms with Crippen molar-refractivity contribution < 1.29 is 4.79 Å². The van der Waals surface area contributed by atoms with Crippen molar-refractivity contribution in [1.29, 1.82) is 0 Å². The van der Waals surface area contributed by atoms with E-state index in [9.17, 15) is 4.79 Å². The molecule has 1 aromatic carbocycles. The first kappa shape index (κ1) is 15.8. The molecule has 0 spiro atoms. The summed E-state index contributed by atoms with van der Waals surface area (Å²) in [4.78, 5) is 13.6. The SMILES string of the molecule is CN(C)CCCNC(=O)NCCc1ccc(Cl)cc1. The first-order chi connectivity index (χ1) is 9.08. The Labute approximate surface area is 120 Å². The third-order valence-electron chi connectivity index (χ3n) is 2.68. The van der Waals surface area contributed by atoms with Crippen LogP contribution in [0.5, 0.6) is 0 Å². The maximum atomic E-state index is 11.5. The van der Waals surface area contributed by atoms with Gasteiger partial charge in [0.2, 0.25) is 0 Å². The van der Waals surface area contributed by atoms with E-state index in [1.165, 1.54) is 0 Å². The Kier molecular flexibility index (Phi) is 7.30. The van der Waals surface area contributed by atoms with Crippen LogP contribution in [-0.4, -0.2) is 44.7 Å². The van der Waals surface area contributed by atoms with Crippen molar-refractivity contribution >= 4 is 17.6 Å². The van der Waals surface area contributed by atoms with Gasteiger partial charge in [-0.05, 0) is 51.2 Å². The summed E-state index contributed by atoms with van der Waals surface area (Å²) < 4.78 is 0. The van der Waals surface area contributed by atoms with Crippen molar-refractivity contribution in [2.45, 2.75) is 12.8 Å². The molecule has 5 heteroatoms. The van der Waals surface area contributed by atoms with Crippen molar-refractivity contribution in [1.82, 2.24) is 15.5 Å². The Morgan fingerprint density at radius 2 is 1.79 bits per heavy atom. The molecular formula is C14H22ClN3O. The van der Waals surface area contributed by atoms with Crippen LogP contribution in [0.3, 0.4) is 0 Å². The Balaban J connectivity index is 2.08. The summed E-state index contributed by atoms with van der Waals surface area (Å²) in [5.74, 6) is 0. The lowest BCUT2D eigenvalue weighted by molar-refractivity contribution is 0.240. The van der Waals surface area contributed by atoms with E-state index < -0.39 is 0 Å². The molecule has 0 aromatic heterocycles. The van der Waals surface area contributed by atoms with Crippen LogP contribution in [0.15, 0.2) is 24.3 Å². The zero-order chi connectivity index (χ0) is 14.1. The summed E-state index contributed by atoms with van der Waals surface area (Å²) in [6, 6.07) is 7.56. The van der Waals surface area contributed by atoms with Crippen LogP contribution in [0.1, 0.15) is 12.0 Å². The number of benzene rings is 1. The first-order valence-corrected chi connectivity index (χ1v) is 6.86. The number of carbonyl (C=O) groups excluding carboxylic acids is 1. The van der Waals surface area contributed by atoms with E-state index in [4.69, 9.17) is 11.6 Å². The van der Waals surface area contributed by atoms with Crippen molar-refractivity contribution in [3.63, 3.8) is 0 Å². The maximum Gasteiger partial charge on any atom is 0.314 e. The van der Waals surface area contributed by atoms with Gasteiger partial charge in [-0.3, -0.25) is 0 Å². The second kappa shape index (κ2) is 8.77. The lowest BCUT2D eigenvalue weighted by atomic mass is 10.1. The van der Waals surface area contributed by atoms with E-state index in [1.807, 2.05) is 38.4 Å². The van der Waals surface area contributed by atoms with Gasteiger partial charge in [-0.15, -0.1) is 0 Å². The lowest BCUT2D eigenvalue weighted by Crippen LogP contribution is -2.37. The molecule has 0 heterocycles. The minimum atomic E-state index is -0.104. The molecule has 0 aliphatic rings. The number of nitrogens with zero attached hydrogens (tertiary/aromatic N) is 1. The minimum Gasteiger partial charge on any atom is -0.338 e. The molecule has 1 aromatic rings. The van der Waals surface area contributed by atoms with Crippen molar-refractivity contribution in [2.24, 2.45) is 0 Å². The lowest BCUT2D eigenvalue weighted by Gasteiger charge is -2.10. The van der Waals surface area contributed by atoms with Crippen molar-refractivity contribution in [3.05, 3.63) is 34.9 Å². The number of hydrogen-bond acceptors (Lipinski definition) is 2. The summed E-state index contributed by atoms with van der Waals surface area (Å²) >= 11 is 5.81. The van der Waals surface area contributed by atoms with Gasteiger partial charge in [0.1, 0.15) is 0 Å². The molecule has 0 aliphatic carbocycles. The second-order valence-corrected chi connectivity index (χ2v) is 5.15. The van der Waals surface area contributed by atoms with E-state index in [0.29, 0.717) is 13.1 Å². The minimum absolute atomic E-state index is 0.104. The first-order valence-electron chi connectivity index (χ1n) is 6.49. The number of halogens is 1. The van der Waals surface area contributed by atoms with Gasteiger partial charge in [0.25, 0.3) is 0 Å². The molecule has 0 saturated carbocycles. The highest BCUT2D eigenvalue weighted by atomic mass is 35.5. The largest absolute Gasteiger partial charge is 0.338 e. The number of nitrogens with one attached hydrogen (secondary N) is 2. The van der Waals surface area contributed by atoms with Crippen LogP contribution >= 0.6 is 11.6 Å². The Morgan fingerprint density at radius 1 is 1.16 bits per heavy atom. The molecule has 0 radical (unpaired) electrons. The topological polar surface area (TPSA) is 44.4 Å². The van der Waals surface area contributed by atoms with Gasteiger partial charge in [-0.25, -0.2) is 4.79 Å². The molecule has 1 rings (SSSR count). The molecule has 0 atom stereocenters. The maximum absolute atomic E-state index is 11.5. The Hall–Kier alpha value is -1.26. The molecule has 2 N–H and O–H groups in total. The van der Waals surface area contributed by atoms with E-state index >= 15 is 0 Å². The summed E-state index contributed by atoms with van der Waals surface area (Å²) in [5, 5.41) is 6.40. The zero-order valence-corrected chi connectivity index (χ0v) is 12.3. The predicted octanol–water partition coefficient (Wildman–Crippen LogP) is 2.13. The summed E-state index contributed by atoms with van der Waals surface area (Å²) in [5.41, 5.74) is 1.16. The van der Waals surface area contributed by atoms with Crippen LogP contribution < -0.4 is 10.6 Å². The molecule has 2 amide bonds. The number of hydrogen-bond donors (Lipinski definition) is 2. The third kappa shape index (κ3) is 7.70. The molecule has 0 bridgehead atoms. The van der Waals surface area contributed by atoms with Crippen LogP contribution in [0.2, 0.25) is 5.02 Å². The smallest absolute Gasteiger partial charge is 0.314 e. The van der Waals surface area contributed by atoms with Gasteiger partial charge in [0, 0.05) is 18.1 Å². The van der Waals surface area contributed by atoms with Crippen LogP contribution in [0.25, 0.3) is 0 Å². The summed E-state index contributed by atoms with van der Waals surface area (Å²) in [6.07, 6.45) is 1.76. The highest BCUT2D eigenvalue weighted by Gasteiger charge is 1.99. The van der Waals surface area contributed by atoms with Crippen LogP contribution in [0, 0.1) is 0 Å². The van der Waals surface area contributed by atoms with Gasteiger partial charge in [-0.1, -0.05) is 23.7 Å². The van der Waals surface area contributed by atoms with E-state index in [1.54, 1.807) is 0 Å². The second-order valence-electron chi connectivity index (χ2n) is 4.72. The molecule has 106 valence electrons. The Bertz CT molecular complexity index is 379. The molecule has 0 saturated heterocycles. The molecule has 0 fully saturated rings. The summed E-state index contributed by atoms with van der Waals surface area (Å²) in [7, 11) is 4.04. The fourth-order valence-electron chi connectivity index (χ4n) is 1.63. The fraction of sp³-hybridized carbons (Fsp3) is 0.500. The average molecular weight is 284 g/mol. The molecular weight excluding hydrogens is 262 g/mol. The fourth-order valence-corrected chi connectivity index (χ4v) is 1.76. The standard InChI is InChI=1S/C14H22ClN3O/c1-18(2)11-3-9-16-14(19)17-10-8-12-4-6-13(15)7-5-12/h4-7H,3,8-11H2,1-2H3,(H2,16,17,19). The van der Waals surface area contributed by atoms with Gasteiger partial charge >= 0.3 is 6.03 Å². The van der Waals surface area contributed by atoms with Crippen LogP contribution in [-0.2, 0) is 6.42 Å². The number of carbonyl (C=O) groups is 1. The highest BCUT2D eigenvalue weighted by molar-refractivity contribution is 6.30. The third-order valence-corrected chi connectivity index (χ3v) is 2.93. The highest BCUT2D eigenvalue weighted by Crippen LogP contribution is 2.09. The summed E-state index contributed by atoms with van der Waals surface area (Å²) in [6.45, 7) is 2.30. The zero-order valence-electron chi connectivity index (χ0n) is 11.6. The van der Waals surface area contributed by atoms with Gasteiger partial charge in [-0.2, -0.15) is 0 Å². The number of amides is 2. The average Bonchev–Trinajstić information content (AvgIpc) is 2.37. The van der Waals surface area contributed by atoms with Crippen molar-refractivity contribution in [2.75, 3.05) is 33.7 Å². The van der Waals surface area contributed by atoms with Crippen LogP contribution in [0.4, 0.5) is 4.79 Å². The predicted molar refractivity (Wildman–Crippen MR) is 79.7 cm³/mol. The Morgan fingerprint density at radius 3 is 2.42 bits per heavy atom.